The van der Waals surface area contributed by atoms with E-state index in [1.807, 2.05) is 6.07 Å². The third-order valence-electron chi connectivity index (χ3n) is 4.34. The van der Waals surface area contributed by atoms with Crippen LogP contribution in [0, 0.1) is 11.3 Å². The average molecular weight is 327 g/mol. The molecule has 2 aromatic heterocycles. The van der Waals surface area contributed by atoms with Gasteiger partial charge in [-0.2, -0.15) is 10.2 Å². The van der Waals surface area contributed by atoms with Crippen LogP contribution in [0.4, 0.5) is 0 Å². The van der Waals surface area contributed by atoms with Crippen molar-refractivity contribution in [3.05, 3.63) is 35.4 Å². The minimum absolute atomic E-state index is 0.0318. The number of nitriles is 1. The summed E-state index contributed by atoms with van der Waals surface area (Å²) in [6.45, 7) is 1.44. The minimum Gasteiger partial charge on any atom is -0.449 e. The molecule has 1 aliphatic carbocycles. The predicted molar refractivity (Wildman–Crippen MR) is 80.6 cm³/mol. The Hall–Kier alpha value is -2.66. The molecule has 124 valence electrons. The lowest BCUT2D eigenvalue weighted by atomic mass is 10.2. The molecule has 1 atom stereocenters. The lowest BCUT2D eigenvalue weighted by Crippen LogP contribution is -2.26. The molecule has 1 amide bonds. The van der Waals surface area contributed by atoms with Crippen molar-refractivity contribution < 1.29 is 13.7 Å². The fraction of sp³-hybridized carbons (Fsp3) is 0.500. The molecule has 1 unspecified atom stereocenters. The van der Waals surface area contributed by atoms with Gasteiger partial charge in [0.1, 0.15) is 11.8 Å². The molecule has 2 aromatic rings. The second kappa shape index (κ2) is 6.09. The summed E-state index contributed by atoms with van der Waals surface area (Å²) in [4.78, 5) is 18.4. The molecule has 1 saturated carbocycles. The molecule has 1 aliphatic heterocycles. The largest absolute Gasteiger partial charge is 0.449 e. The first-order valence-corrected chi connectivity index (χ1v) is 8.10. The summed E-state index contributed by atoms with van der Waals surface area (Å²) in [5.74, 6) is 1.30. The molecule has 2 fully saturated rings. The lowest BCUT2D eigenvalue weighted by molar-refractivity contribution is 0.0937. The maximum atomic E-state index is 12.0. The number of nitrogens with zero attached hydrogens (tertiary/aromatic N) is 4. The quantitative estimate of drug-likeness (QED) is 0.891. The zero-order valence-corrected chi connectivity index (χ0v) is 13.1. The van der Waals surface area contributed by atoms with Gasteiger partial charge in [0, 0.05) is 6.04 Å². The van der Waals surface area contributed by atoms with Crippen molar-refractivity contribution in [1.82, 2.24) is 20.4 Å². The van der Waals surface area contributed by atoms with Crippen molar-refractivity contribution in [3.8, 4) is 6.07 Å². The van der Waals surface area contributed by atoms with Gasteiger partial charge >= 0.3 is 0 Å². The zero-order chi connectivity index (χ0) is 16.5. The SMILES string of the molecule is N#Cc1ccc(CN2CCCC2c2nc(C(=O)NC3CC3)no2)o1. The Kier molecular flexibility index (Phi) is 3.78. The van der Waals surface area contributed by atoms with Crippen molar-refractivity contribution in [1.29, 1.82) is 5.26 Å². The van der Waals surface area contributed by atoms with Crippen LogP contribution in [0.5, 0.6) is 0 Å². The Balaban J connectivity index is 1.45. The second-order valence-corrected chi connectivity index (χ2v) is 6.21. The van der Waals surface area contributed by atoms with Crippen LogP contribution in [-0.2, 0) is 6.54 Å². The van der Waals surface area contributed by atoms with Crippen molar-refractivity contribution in [3.63, 3.8) is 0 Å². The molecular formula is C16H17N5O3. The molecule has 0 spiro atoms. The summed E-state index contributed by atoms with van der Waals surface area (Å²) >= 11 is 0. The summed E-state index contributed by atoms with van der Waals surface area (Å²) in [6.07, 6.45) is 3.92. The Labute approximate surface area is 138 Å². The highest BCUT2D eigenvalue weighted by Gasteiger charge is 2.33. The number of nitrogens with one attached hydrogen (secondary N) is 1. The van der Waals surface area contributed by atoms with Crippen LogP contribution in [0.1, 0.15) is 59.8 Å². The van der Waals surface area contributed by atoms with Crippen molar-refractivity contribution in [2.45, 2.75) is 44.3 Å². The maximum absolute atomic E-state index is 12.0. The van der Waals surface area contributed by atoms with Crippen LogP contribution in [0.25, 0.3) is 0 Å². The van der Waals surface area contributed by atoms with E-state index in [4.69, 9.17) is 14.2 Å². The molecule has 2 aliphatic rings. The van der Waals surface area contributed by atoms with E-state index >= 15 is 0 Å². The van der Waals surface area contributed by atoms with Gasteiger partial charge in [0.25, 0.3) is 11.7 Å². The summed E-state index contributed by atoms with van der Waals surface area (Å²) in [6, 6.07) is 5.67. The normalized spacial score (nSPS) is 20.9. The minimum atomic E-state index is -0.276. The molecule has 1 N–H and O–H groups in total. The number of likely N-dealkylation sites (tertiary alicyclic amines) is 1. The van der Waals surface area contributed by atoms with E-state index in [1.165, 1.54) is 0 Å². The molecular weight excluding hydrogens is 310 g/mol. The lowest BCUT2D eigenvalue weighted by Gasteiger charge is -2.19. The van der Waals surface area contributed by atoms with Gasteiger partial charge < -0.3 is 14.3 Å². The van der Waals surface area contributed by atoms with Gasteiger partial charge in [0.15, 0.2) is 0 Å². The highest BCUT2D eigenvalue weighted by Crippen LogP contribution is 2.32. The number of furan rings is 1. The van der Waals surface area contributed by atoms with E-state index in [-0.39, 0.29) is 23.8 Å². The van der Waals surface area contributed by atoms with E-state index in [0.29, 0.717) is 18.2 Å². The predicted octanol–water partition coefficient (Wildman–Crippen LogP) is 1.76. The maximum Gasteiger partial charge on any atom is 0.292 e. The second-order valence-electron chi connectivity index (χ2n) is 6.21. The third kappa shape index (κ3) is 3.03. The monoisotopic (exact) mass is 327 g/mol. The van der Waals surface area contributed by atoms with E-state index in [1.54, 1.807) is 12.1 Å². The number of carbonyl (C=O) groups is 1. The van der Waals surface area contributed by atoms with Crippen molar-refractivity contribution in [2.75, 3.05) is 6.54 Å². The molecule has 4 rings (SSSR count). The van der Waals surface area contributed by atoms with Crippen molar-refractivity contribution >= 4 is 5.91 Å². The van der Waals surface area contributed by atoms with E-state index in [0.717, 1.165) is 38.0 Å². The van der Waals surface area contributed by atoms with E-state index < -0.39 is 0 Å². The first-order valence-electron chi connectivity index (χ1n) is 8.10. The molecule has 3 heterocycles. The van der Waals surface area contributed by atoms with Crippen LogP contribution in [0.3, 0.4) is 0 Å². The third-order valence-corrected chi connectivity index (χ3v) is 4.34. The first kappa shape index (κ1) is 14.9. The average Bonchev–Trinajstić information content (AvgIpc) is 3.01. The Morgan fingerprint density at radius 3 is 3.04 bits per heavy atom. The van der Waals surface area contributed by atoms with Crippen molar-refractivity contribution in [2.24, 2.45) is 0 Å². The molecule has 24 heavy (non-hydrogen) atoms. The summed E-state index contributed by atoms with van der Waals surface area (Å²) < 4.78 is 10.8. The molecule has 8 heteroatoms. The van der Waals surface area contributed by atoms with Crippen LogP contribution in [-0.4, -0.2) is 33.5 Å². The number of aromatic nitrogens is 2. The van der Waals surface area contributed by atoms with Crippen LogP contribution in [0.15, 0.2) is 21.1 Å². The van der Waals surface area contributed by atoms with Gasteiger partial charge in [-0.3, -0.25) is 9.69 Å². The fourth-order valence-corrected chi connectivity index (χ4v) is 2.96. The summed E-state index contributed by atoms with van der Waals surface area (Å²) in [5.41, 5.74) is 0. The highest BCUT2D eigenvalue weighted by molar-refractivity contribution is 5.90. The summed E-state index contributed by atoms with van der Waals surface area (Å²) in [5, 5.41) is 15.5. The fourth-order valence-electron chi connectivity index (χ4n) is 2.96. The molecule has 0 radical (unpaired) electrons. The number of rotatable bonds is 5. The highest BCUT2D eigenvalue weighted by atomic mass is 16.5. The van der Waals surface area contributed by atoms with Crippen LogP contribution >= 0.6 is 0 Å². The van der Waals surface area contributed by atoms with Gasteiger partial charge in [0.2, 0.25) is 11.7 Å². The Bertz CT molecular complexity index is 786. The van der Waals surface area contributed by atoms with E-state index in [2.05, 4.69) is 20.4 Å². The van der Waals surface area contributed by atoms with E-state index in [9.17, 15) is 4.79 Å². The van der Waals surface area contributed by atoms with Crippen LogP contribution < -0.4 is 5.32 Å². The Morgan fingerprint density at radius 2 is 2.29 bits per heavy atom. The topological polar surface area (TPSA) is 108 Å². The smallest absolute Gasteiger partial charge is 0.292 e. The van der Waals surface area contributed by atoms with Gasteiger partial charge in [0.05, 0.1) is 12.6 Å². The summed E-state index contributed by atoms with van der Waals surface area (Å²) in [7, 11) is 0. The van der Waals surface area contributed by atoms with Gasteiger partial charge in [-0.05, 0) is 44.4 Å². The molecule has 1 saturated heterocycles. The molecule has 0 bridgehead atoms. The number of hydrogen-bond acceptors (Lipinski definition) is 7. The van der Waals surface area contributed by atoms with Gasteiger partial charge in [-0.25, -0.2) is 0 Å². The zero-order valence-electron chi connectivity index (χ0n) is 13.1. The number of hydrogen-bond donors (Lipinski definition) is 1. The first-order chi connectivity index (χ1) is 11.7. The standard InChI is InChI=1S/C16H17N5O3/c17-8-11-5-6-12(23-11)9-21-7-1-2-13(21)16-19-14(20-24-16)15(22)18-10-3-4-10/h5-6,10,13H,1-4,7,9H2,(H,18,22). The Morgan fingerprint density at radius 1 is 1.42 bits per heavy atom. The van der Waals surface area contributed by atoms with Gasteiger partial charge in [-0.1, -0.05) is 5.16 Å². The van der Waals surface area contributed by atoms with Crippen LogP contribution in [0.2, 0.25) is 0 Å². The molecule has 8 nitrogen and oxygen atoms in total. The van der Waals surface area contributed by atoms with Gasteiger partial charge in [-0.15, -0.1) is 0 Å². The molecule has 0 aromatic carbocycles. The number of amides is 1. The number of carbonyl (C=O) groups excluding carboxylic acids is 1.